The van der Waals surface area contributed by atoms with Crippen LogP contribution in [0.2, 0.25) is 5.02 Å². The number of halogens is 1. The molecule has 0 aliphatic heterocycles. The Morgan fingerprint density at radius 1 is 1.14 bits per heavy atom. The number of amides is 1. The van der Waals surface area contributed by atoms with E-state index in [1.165, 1.54) is 0 Å². The van der Waals surface area contributed by atoms with E-state index in [-0.39, 0.29) is 11.9 Å². The van der Waals surface area contributed by atoms with Crippen molar-refractivity contribution in [2.24, 2.45) is 0 Å². The summed E-state index contributed by atoms with van der Waals surface area (Å²) < 4.78 is 31.4. The van der Waals surface area contributed by atoms with Gasteiger partial charge in [0.2, 0.25) is 15.9 Å². The minimum Gasteiger partial charge on any atom is -0.497 e. The number of nitrogens with one attached hydrogen (secondary N) is 1. The van der Waals surface area contributed by atoms with Crippen molar-refractivity contribution >= 4 is 33.2 Å². The van der Waals surface area contributed by atoms with Gasteiger partial charge in [0.05, 0.1) is 25.1 Å². The van der Waals surface area contributed by atoms with Gasteiger partial charge in [-0.15, -0.1) is 0 Å². The second-order valence-corrected chi connectivity index (χ2v) is 9.00. The number of methoxy groups -OCH3 is 1. The van der Waals surface area contributed by atoms with E-state index in [2.05, 4.69) is 5.32 Å². The SMILES string of the molecule is CC[C@H](C(=O)N[C@H](CC)c1ccc(OC)cc1)N(c1cccc(Cl)c1)S(C)(=O)=O. The Morgan fingerprint density at radius 2 is 1.79 bits per heavy atom. The molecule has 2 atom stereocenters. The largest absolute Gasteiger partial charge is 0.497 e. The predicted octanol–water partition coefficient (Wildman–Crippen LogP) is 4.16. The van der Waals surface area contributed by atoms with Gasteiger partial charge in [-0.1, -0.05) is 43.6 Å². The number of nitrogens with zero attached hydrogens (tertiary/aromatic N) is 1. The summed E-state index contributed by atoms with van der Waals surface area (Å²) in [7, 11) is -2.12. The summed E-state index contributed by atoms with van der Waals surface area (Å²) in [5, 5.41) is 3.39. The van der Waals surface area contributed by atoms with Gasteiger partial charge in [0.25, 0.3) is 0 Å². The molecule has 0 radical (unpaired) electrons. The van der Waals surface area contributed by atoms with Crippen LogP contribution in [0.1, 0.15) is 38.3 Å². The Morgan fingerprint density at radius 3 is 2.28 bits per heavy atom. The van der Waals surface area contributed by atoms with Crippen LogP contribution >= 0.6 is 11.6 Å². The van der Waals surface area contributed by atoms with Crippen molar-refractivity contribution in [3.63, 3.8) is 0 Å². The molecular weight excluding hydrogens is 412 g/mol. The maximum Gasteiger partial charge on any atom is 0.244 e. The van der Waals surface area contributed by atoms with Gasteiger partial charge in [-0.05, 0) is 48.7 Å². The fourth-order valence-electron chi connectivity index (χ4n) is 3.20. The van der Waals surface area contributed by atoms with Crippen LogP contribution in [0.4, 0.5) is 5.69 Å². The standard InChI is InChI=1S/C21H27ClN2O4S/c1-5-19(15-10-12-18(28-3)13-11-15)23-21(25)20(6-2)24(29(4,26)27)17-9-7-8-16(22)14-17/h7-14,19-20H,5-6H2,1-4H3,(H,23,25)/t19-,20-/m1/s1. The highest BCUT2D eigenvalue weighted by Crippen LogP contribution is 2.26. The average molecular weight is 439 g/mol. The minimum absolute atomic E-state index is 0.247. The molecule has 0 bridgehead atoms. The number of ether oxygens (including phenoxy) is 1. The second-order valence-electron chi connectivity index (χ2n) is 6.71. The Kier molecular flexibility index (Phi) is 7.93. The molecule has 0 spiro atoms. The van der Waals surface area contributed by atoms with Crippen LogP contribution in [0.25, 0.3) is 0 Å². The van der Waals surface area contributed by atoms with Crippen LogP contribution in [-0.4, -0.2) is 33.7 Å². The van der Waals surface area contributed by atoms with E-state index in [0.29, 0.717) is 23.6 Å². The average Bonchev–Trinajstić information content (AvgIpc) is 2.69. The van der Waals surface area contributed by atoms with Crippen LogP contribution in [0.3, 0.4) is 0 Å². The van der Waals surface area contributed by atoms with Gasteiger partial charge in [0, 0.05) is 5.02 Å². The molecule has 6 nitrogen and oxygen atoms in total. The summed E-state index contributed by atoms with van der Waals surface area (Å²) in [5.41, 5.74) is 1.28. The summed E-state index contributed by atoms with van der Waals surface area (Å²) in [6.07, 6.45) is 2.06. The number of rotatable bonds is 9. The molecule has 158 valence electrons. The number of carbonyl (C=O) groups is 1. The topological polar surface area (TPSA) is 75.7 Å². The lowest BCUT2D eigenvalue weighted by Gasteiger charge is -2.31. The van der Waals surface area contributed by atoms with E-state index < -0.39 is 16.1 Å². The van der Waals surface area contributed by atoms with Gasteiger partial charge >= 0.3 is 0 Å². The Bertz CT molecular complexity index is 932. The normalized spacial score (nSPS) is 13.4. The van der Waals surface area contributed by atoms with Crippen molar-refractivity contribution in [2.45, 2.75) is 38.8 Å². The van der Waals surface area contributed by atoms with Crippen LogP contribution < -0.4 is 14.4 Å². The highest BCUT2D eigenvalue weighted by atomic mass is 35.5. The van der Waals surface area contributed by atoms with Crippen molar-refractivity contribution in [1.29, 1.82) is 0 Å². The smallest absolute Gasteiger partial charge is 0.244 e. The third-order valence-corrected chi connectivity index (χ3v) is 6.05. The molecule has 29 heavy (non-hydrogen) atoms. The van der Waals surface area contributed by atoms with Crippen molar-refractivity contribution in [3.05, 3.63) is 59.1 Å². The van der Waals surface area contributed by atoms with Gasteiger partial charge in [-0.2, -0.15) is 0 Å². The van der Waals surface area contributed by atoms with Crippen LogP contribution in [0.5, 0.6) is 5.75 Å². The molecule has 0 saturated heterocycles. The highest BCUT2D eigenvalue weighted by Gasteiger charge is 2.32. The second kappa shape index (κ2) is 9.98. The van der Waals surface area contributed by atoms with Crippen molar-refractivity contribution in [3.8, 4) is 5.75 Å². The molecule has 8 heteroatoms. The lowest BCUT2D eigenvalue weighted by atomic mass is 10.0. The van der Waals surface area contributed by atoms with Crippen molar-refractivity contribution < 1.29 is 17.9 Å². The number of hydrogen-bond donors (Lipinski definition) is 1. The van der Waals surface area contributed by atoms with Crippen molar-refractivity contribution in [1.82, 2.24) is 5.32 Å². The first kappa shape index (κ1) is 23.0. The number of benzene rings is 2. The maximum absolute atomic E-state index is 13.1. The molecule has 2 aromatic carbocycles. The van der Waals surface area contributed by atoms with E-state index in [9.17, 15) is 13.2 Å². The van der Waals surface area contributed by atoms with Gasteiger partial charge < -0.3 is 10.1 Å². The zero-order valence-corrected chi connectivity index (χ0v) is 18.6. The van der Waals surface area contributed by atoms with Gasteiger partial charge in [0.1, 0.15) is 11.8 Å². The fraction of sp³-hybridized carbons (Fsp3) is 0.381. The van der Waals surface area contributed by atoms with Crippen molar-refractivity contribution in [2.75, 3.05) is 17.7 Å². The van der Waals surface area contributed by atoms with E-state index in [1.54, 1.807) is 38.3 Å². The summed E-state index contributed by atoms with van der Waals surface area (Å²) in [6.45, 7) is 3.74. The lowest BCUT2D eigenvalue weighted by molar-refractivity contribution is -0.123. The summed E-state index contributed by atoms with van der Waals surface area (Å²) >= 11 is 6.05. The molecule has 0 aliphatic carbocycles. The number of hydrogen-bond acceptors (Lipinski definition) is 4. The molecule has 2 aromatic rings. The Balaban J connectivity index is 2.32. The monoisotopic (exact) mass is 438 g/mol. The molecule has 0 fully saturated rings. The number of sulfonamides is 1. The van der Waals surface area contributed by atoms with E-state index >= 15 is 0 Å². The number of anilines is 1. The van der Waals surface area contributed by atoms with E-state index in [0.717, 1.165) is 21.9 Å². The first-order valence-electron chi connectivity index (χ1n) is 9.40. The van der Waals surface area contributed by atoms with Crippen LogP contribution in [0, 0.1) is 0 Å². The van der Waals surface area contributed by atoms with E-state index in [4.69, 9.17) is 16.3 Å². The molecular formula is C21H27ClN2O4S. The molecule has 0 aromatic heterocycles. The third-order valence-electron chi connectivity index (χ3n) is 4.64. The molecule has 0 saturated carbocycles. The van der Waals surface area contributed by atoms with Crippen LogP contribution in [-0.2, 0) is 14.8 Å². The molecule has 1 amide bonds. The van der Waals surface area contributed by atoms with E-state index in [1.807, 2.05) is 31.2 Å². The first-order chi connectivity index (χ1) is 13.7. The lowest BCUT2D eigenvalue weighted by Crippen LogP contribution is -2.50. The predicted molar refractivity (Wildman–Crippen MR) is 117 cm³/mol. The van der Waals surface area contributed by atoms with Crippen LogP contribution in [0.15, 0.2) is 48.5 Å². The van der Waals surface area contributed by atoms with Gasteiger partial charge in [-0.25, -0.2) is 8.42 Å². The summed E-state index contributed by atoms with van der Waals surface area (Å²) in [6, 6.07) is 12.8. The fourth-order valence-corrected chi connectivity index (χ4v) is 4.59. The Hall–Kier alpha value is -2.25. The third kappa shape index (κ3) is 5.87. The molecule has 2 rings (SSSR count). The number of carbonyl (C=O) groups excluding carboxylic acids is 1. The first-order valence-corrected chi connectivity index (χ1v) is 11.6. The van der Waals surface area contributed by atoms with Gasteiger partial charge in [-0.3, -0.25) is 9.10 Å². The molecule has 0 aliphatic rings. The molecule has 1 N–H and O–H groups in total. The molecule has 0 unspecified atom stereocenters. The summed E-state index contributed by atoms with van der Waals surface area (Å²) in [5.74, 6) is 0.367. The maximum atomic E-state index is 13.1. The highest BCUT2D eigenvalue weighted by molar-refractivity contribution is 7.92. The Labute approximate surface area is 177 Å². The zero-order valence-electron chi connectivity index (χ0n) is 17.1. The zero-order chi connectivity index (χ0) is 21.6. The summed E-state index contributed by atoms with van der Waals surface area (Å²) in [4.78, 5) is 13.1. The quantitative estimate of drug-likeness (QED) is 0.637. The molecule has 0 heterocycles. The van der Waals surface area contributed by atoms with Gasteiger partial charge in [0.15, 0.2) is 0 Å². The minimum atomic E-state index is -3.71.